The van der Waals surface area contributed by atoms with E-state index >= 15 is 0 Å². The van der Waals surface area contributed by atoms with E-state index < -0.39 is 12.0 Å². The van der Waals surface area contributed by atoms with Crippen molar-refractivity contribution in [2.24, 2.45) is 0 Å². The van der Waals surface area contributed by atoms with Crippen molar-refractivity contribution < 1.29 is 14.7 Å². The minimum Gasteiger partial charge on any atom is -0.480 e. The van der Waals surface area contributed by atoms with E-state index in [1.165, 1.54) is 4.90 Å². The Kier molecular flexibility index (Phi) is 5.41. The first-order valence-corrected chi connectivity index (χ1v) is 7.97. The zero-order chi connectivity index (χ0) is 16.1. The van der Waals surface area contributed by atoms with E-state index in [1.54, 1.807) is 12.1 Å². The highest BCUT2D eigenvalue weighted by molar-refractivity contribution is 5.97. The second-order valence-electron chi connectivity index (χ2n) is 5.62. The summed E-state index contributed by atoms with van der Waals surface area (Å²) in [7, 11) is 0. The first-order chi connectivity index (χ1) is 10.6. The Morgan fingerprint density at radius 2 is 1.95 bits per heavy atom. The van der Waals surface area contributed by atoms with Gasteiger partial charge in [-0.3, -0.25) is 4.79 Å². The number of amides is 1. The van der Waals surface area contributed by atoms with Gasteiger partial charge in [0.15, 0.2) is 0 Å². The van der Waals surface area contributed by atoms with Gasteiger partial charge in [-0.1, -0.05) is 6.92 Å². The van der Waals surface area contributed by atoms with E-state index in [4.69, 9.17) is 0 Å². The number of carboxylic acids is 1. The molecule has 0 spiro atoms. The monoisotopic (exact) mass is 304 g/mol. The SMILES string of the molecule is CCCN(CC)c1ccc(C(=O)N2CCCC2C(=O)O)cc1. The molecule has 1 aliphatic rings. The second kappa shape index (κ2) is 7.29. The lowest BCUT2D eigenvalue weighted by Crippen LogP contribution is -2.40. The third-order valence-corrected chi connectivity index (χ3v) is 4.15. The molecule has 5 heteroatoms. The van der Waals surface area contributed by atoms with Crippen molar-refractivity contribution in [2.75, 3.05) is 24.5 Å². The van der Waals surface area contributed by atoms with Crippen LogP contribution < -0.4 is 4.90 Å². The number of carboxylic acid groups (broad SMARTS) is 1. The van der Waals surface area contributed by atoms with Gasteiger partial charge in [0, 0.05) is 30.9 Å². The Morgan fingerprint density at radius 3 is 2.50 bits per heavy atom. The Balaban J connectivity index is 2.12. The third kappa shape index (κ3) is 3.40. The van der Waals surface area contributed by atoms with Gasteiger partial charge in [0.2, 0.25) is 0 Å². The molecule has 2 rings (SSSR count). The van der Waals surface area contributed by atoms with E-state index in [0.717, 1.165) is 31.6 Å². The molecular weight excluding hydrogens is 280 g/mol. The molecule has 1 aliphatic heterocycles. The van der Waals surface area contributed by atoms with Gasteiger partial charge in [-0.15, -0.1) is 0 Å². The van der Waals surface area contributed by atoms with Gasteiger partial charge in [-0.05, 0) is 50.5 Å². The maximum absolute atomic E-state index is 12.5. The summed E-state index contributed by atoms with van der Waals surface area (Å²) in [6.07, 6.45) is 2.36. The largest absolute Gasteiger partial charge is 0.480 e. The van der Waals surface area contributed by atoms with Gasteiger partial charge in [0.05, 0.1) is 0 Å². The highest BCUT2D eigenvalue weighted by Crippen LogP contribution is 2.22. The average molecular weight is 304 g/mol. The molecule has 22 heavy (non-hydrogen) atoms. The molecule has 1 aromatic rings. The van der Waals surface area contributed by atoms with Crippen LogP contribution in [0.3, 0.4) is 0 Å². The summed E-state index contributed by atoms with van der Waals surface area (Å²) in [6, 6.07) is 6.80. The van der Waals surface area contributed by atoms with Crippen molar-refractivity contribution in [3.8, 4) is 0 Å². The van der Waals surface area contributed by atoms with E-state index in [9.17, 15) is 14.7 Å². The lowest BCUT2D eigenvalue weighted by Gasteiger charge is -2.24. The van der Waals surface area contributed by atoms with Crippen LogP contribution in [0.25, 0.3) is 0 Å². The fourth-order valence-corrected chi connectivity index (χ4v) is 2.99. The molecule has 0 bridgehead atoms. The van der Waals surface area contributed by atoms with Crippen LogP contribution in [0.5, 0.6) is 0 Å². The Morgan fingerprint density at radius 1 is 1.27 bits per heavy atom. The topological polar surface area (TPSA) is 60.9 Å². The molecule has 120 valence electrons. The lowest BCUT2D eigenvalue weighted by atomic mass is 10.1. The zero-order valence-corrected chi connectivity index (χ0v) is 13.3. The minimum absolute atomic E-state index is 0.185. The van der Waals surface area contributed by atoms with Crippen LogP contribution in [0.15, 0.2) is 24.3 Å². The van der Waals surface area contributed by atoms with Gasteiger partial charge in [-0.25, -0.2) is 4.79 Å². The Bertz CT molecular complexity index is 527. The molecule has 0 aromatic heterocycles. The number of hydrogen-bond donors (Lipinski definition) is 1. The summed E-state index contributed by atoms with van der Waals surface area (Å²) < 4.78 is 0. The van der Waals surface area contributed by atoms with Crippen molar-refractivity contribution in [3.05, 3.63) is 29.8 Å². The summed E-state index contributed by atoms with van der Waals surface area (Å²) >= 11 is 0. The number of likely N-dealkylation sites (tertiary alicyclic amines) is 1. The third-order valence-electron chi connectivity index (χ3n) is 4.15. The number of aliphatic carboxylic acids is 1. The normalized spacial score (nSPS) is 17.5. The molecular formula is C17H24N2O3. The molecule has 5 nitrogen and oxygen atoms in total. The lowest BCUT2D eigenvalue weighted by molar-refractivity contribution is -0.141. The molecule has 0 aliphatic carbocycles. The predicted molar refractivity (Wildman–Crippen MR) is 86.3 cm³/mol. The van der Waals surface area contributed by atoms with Crippen molar-refractivity contribution >= 4 is 17.6 Å². The first kappa shape index (κ1) is 16.3. The summed E-state index contributed by atoms with van der Waals surface area (Å²) in [5.41, 5.74) is 1.65. The molecule has 1 aromatic carbocycles. The number of carbonyl (C=O) groups excluding carboxylic acids is 1. The highest BCUT2D eigenvalue weighted by atomic mass is 16.4. The number of benzene rings is 1. The number of rotatable bonds is 6. The fourth-order valence-electron chi connectivity index (χ4n) is 2.99. The molecule has 1 amide bonds. The quantitative estimate of drug-likeness (QED) is 0.877. The van der Waals surface area contributed by atoms with Crippen LogP contribution in [0.2, 0.25) is 0 Å². The van der Waals surface area contributed by atoms with Crippen LogP contribution in [0.4, 0.5) is 5.69 Å². The molecule has 1 atom stereocenters. The predicted octanol–water partition coefficient (Wildman–Crippen LogP) is 2.61. The van der Waals surface area contributed by atoms with Gasteiger partial charge < -0.3 is 14.9 Å². The second-order valence-corrected chi connectivity index (χ2v) is 5.62. The molecule has 1 heterocycles. The zero-order valence-electron chi connectivity index (χ0n) is 13.3. The van der Waals surface area contributed by atoms with E-state index in [-0.39, 0.29) is 5.91 Å². The molecule has 0 radical (unpaired) electrons. The van der Waals surface area contributed by atoms with Gasteiger partial charge in [-0.2, -0.15) is 0 Å². The summed E-state index contributed by atoms with van der Waals surface area (Å²) in [6.45, 7) is 6.68. The summed E-state index contributed by atoms with van der Waals surface area (Å²) in [5.74, 6) is -1.10. The molecule has 0 saturated carbocycles. The number of nitrogens with zero attached hydrogens (tertiary/aromatic N) is 2. The fraction of sp³-hybridized carbons (Fsp3) is 0.529. The Hall–Kier alpha value is -2.04. The first-order valence-electron chi connectivity index (χ1n) is 7.97. The van der Waals surface area contributed by atoms with Crippen molar-refractivity contribution in [1.82, 2.24) is 4.90 Å². The molecule has 1 unspecified atom stereocenters. The minimum atomic E-state index is -0.914. The highest BCUT2D eigenvalue weighted by Gasteiger charge is 2.34. The molecule has 1 fully saturated rings. The van der Waals surface area contributed by atoms with Crippen LogP contribution in [-0.4, -0.2) is 47.6 Å². The average Bonchev–Trinajstić information content (AvgIpc) is 3.02. The van der Waals surface area contributed by atoms with Crippen LogP contribution >= 0.6 is 0 Å². The summed E-state index contributed by atoms with van der Waals surface area (Å²) in [5, 5.41) is 9.19. The number of anilines is 1. The maximum atomic E-state index is 12.5. The van der Waals surface area contributed by atoms with Gasteiger partial charge in [0.25, 0.3) is 5.91 Å². The van der Waals surface area contributed by atoms with E-state index in [2.05, 4.69) is 18.7 Å². The molecule has 1 saturated heterocycles. The van der Waals surface area contributed by atoms with Crippen molar-refractivity contribution in [2.45, 2.75) is 39.2 Å². The smallest absolute Gasteiger partial charge is 0.326 e. The van der Waals surface area contributed by atoms with Crippen LogP contribution in [0.1, 0.15) is 43.5 Å². The maximum Gasteiger partial charge on any atom is 0.326 e. The standard InChI is InChI=1S/C17H24N2O3/c1-3-11-18(4-2)14-9-7-13(8-10-14)16(20)19-12-5-6-15(19)17(21)22/h7-10,15H,3-6,11-12H2,1-2H3,(H,21,22). The summed E-state index contributed by atoms with van der Waals surface area (Å²) in [4.78, 5) is 27.4. The van der Waals surface area contributed by atoms with Gasteiger partial charge >= 0.3 is 5.97 Å². The molecule has 1 N–H and O–H groups in total. The number of hydrogen-bond acceptors (Lipinski definition) is 3. The number of carbonyl (C=O) groups is 2. The van der Waals surface area contributed by atoms with Crippen LogP contribution in [-0.2, 0) is 4.79 Å². The van der Waals surface area contributed by atoms with Crippen molar-refractivity contribution in [3.63, 3.8) is 0 Å². The van der Waals surface area contributed by atoms with E-state index in [0.29, 0.717) is 18.5 Å². The van der Waals surface area contributed by atoms with Crippen LogP contribution in [0, 0.1) is 0 Å². The van der Waals surface area contributed by atoms with Gasteiger partial charge in [0.1, 0.15) is 6.04 Å². The van der Waals surface area contributed by atoms with E-state index in [1.807, 2.05) is 12.1 Å². The van der Waals surface area contributed by atoms with Crippen molar-refractivity contribution in [1.29, 1.82) is 0 Å². The Labute approximate surface area is 131 Å².